The maximum absolute atomic E-state index is 11.8. The maximum atomic E-state index is 11.8. The van der Waals surface area contributed by atoms with Crippen molar-refractivity contribution in [3.63, 3.8) is 0 Å². The van der Waals surface area contributed by atoms with Crippen molar-refractivity contribution in [1.29, 1.82) is 0 Å². The Bertz CT molecular complexity index is 774. The molecule has 0 bridgehead atoms. The van der Waals surface area contributed by atoms with Gasteiger partial charge in [-0.15, -0.1) is 5.57 Å². The van der Waals surface area contributed by atoms with Crippen molar-refractivity contribution in [3.05, 3.63) is 53.2 Å². The molecule has 8 heteroatoms. The first kappa shape index (κ1) is 28.7. The molecule has 0 amide bonds. The average Bonchev–Trinajstić information content (AvgIpc) is 2.71. The average molecular weight is 437 g/mol. The summed E-state index contributed by atoms with van der Waals surface area (Å²) in [6, 6.07) is 5.64. The molecule has 0 saturated heterocycles. The molecule has 0 unspecified atom stereocenters. The molecule has 30 heavy (non-hydrogen) atoms. The zero-order chi connectivity index (χ0) is 21.6. The molecule has 0 aliphatic heterocycles. The molecule has 0 aliphatic rings. The molecule has 1 rings (SSSR count). The van der Waals surface area contributed by atoms with Crippen molar-refractivity contribution in [2.45, 2.75) is 33.8 Å². The molecule has 1 aromatic carbocycles. The normalized spacial score (nSPS) is 11.9. The number of amidine groups is 1. The Labute approximate surface area is 222 Å². The Hall–Kier alpha value is -1.29. The maximum Gasteiger partial charge on any atom is 1.00 e. The van der Waals surface area contributed by atoms with Gasteiger partial charge in [0.1, 0.15) is 5.75 Å². The first-order chi connectivity index (χ1) is 13.9. The van der Waals surface area contributed by atoms with E-state index in [1.807, 2.05) is 18.2 Å². The molecule has 0 aliphatic carbocycles. The quantitative estimate of drug-likeness (QED) is 0.124. The van der Waals surface area contributed by atoms with Gasteiger partial charge in [0.25, 0.3) is 0 Å². The van der Waals surface area contributed by atoms with E-state index in [-0.39, 0.29) is 69.2 Å². The molecule has 158 valence electrons. The number of hydrogen-bond acceptors (Lipinski definition) is 5. The molecule has 7 nitrogen and oxygen atoms in total. The van der Waals surface area contributed by atoms with Gasteiger partial charge in [-0.25, -0.2) is 0 Å². The number of anilines is 1. The fourth-order valence-electron chi connectivity index (χ4n) is 2.21. The number of methoxy groups -OCH3 is 1. The molecule has 0 fully saturated rings. The SMILES string of the molecule is CCC(=O)C(=[C-]N=C(C=[C-]NC)Nc1cc(COCC(C)C)cc(OC)c1)C=[N-].[K+]. The fourth-order valence-corrected chi connectivity index (χ4v) is 2.21. The first-order valence-corrected chi connectivity index (χ1v) is 9.42. The molecule has 0 atom stereocenters. The number of nitrogens with zero attached hydrogens (tertiary/aromatic N) is 2. The second kappa shape index (κ2) is 16.4. The minimum Gasteiger partial charge on any atom is -0.862 e. The van der Waals surface area contributed by atoms with Crippen molar-refractivity contribution in [3.8, 4) is 5.75 Å². The van der Waals surface area contributed by atoms with E-state index in [9.17, 15) is 10.2 Å². The minimum absolute atomic E-state index is 0. The van der Waals surface area contributed by atoms with Gasteiger partial charge in [-0.1, -0.05) is 20.8 Å². The van der Waals surface area contributed by atoms with E-state index in [1.165, 1.54) is 0 Å². The van der Waals surface area contributed by atoms with Crippen molar-refractivity contribution in [2.75, 3.05) is 26.1 Å². The van der Waals surface area contributed by atoms with Gasteiger partial charge in [0.05, 0.1) is 19.5 Å². The summed E-state index contributed by atoms with van der Waals surface area (Å²) in [6.45, 7) is 7.01. The summed E-state index contributed by atoms with van der Waals surface area (Å²) in [4.78, 5) is 15.9. The third-order valence-corrected chi connectivity index (χ3v) is 3.59. The fraction of sp³-hybridized carbons (Fsp3) is 0.409. The van der Waals surface area contributed by atoms with Crippen LogP contribution in [-0.4, -0.2) is 38.6 Å². The van der Waals surface area contributed by atoms with Gasteiger partial charge < -0.3 is 35.3 Å². The van der Waals surface area contributed by atoms with Crippen molar-refractivity contribution in [1.82, 2.24) is 5.32 Å². The first-order valence-electron chi connectivity index (χ1n) is 9.42. The Morgan fingerprint density at radius 3 is 2.63 bits per heavy atom. The topological polar surface area (TPSA) is 94.2 Å². The Morgan fingerprint density at radius 1 is 1.33 bits per heavy atom. The molecule has 0 radical (unpaired) electrons. The number of hydrogen-bond donors (Lipinski definition) is 2. The second-order valence-corrected chi connectivity index (χ2v) is 6.57. The standard InChI is InChI=1S/C22H29N4O3.K/c1-6-21(27)18(12-23)13-25-22(7-8-24-4)26-19-9-17(10-20(11-19)28-5)15-29-14-16(2)3;/h7,9-12,16,24H,6,14-15H2,1-5H3,(H,25,26);/q-3;+1. The zero-order valence-corrected chi connectivity index (χ0v) is 21.8. The van der Waals surface area contributed by atoms with Crippen LogP contribution in [0.3, 0.4) is 0 Å². The van der Waals surface area contributed by atoms with E-state index in [0.29, 0.717) is 36.9 Å². The zero-order valence-electron chi connectivity index (χ0n) is 18.7. The molecule has 2 N–H and O–H groups in total. The summed E-state index contributed by atoms with van der Waals surface area (Å²) < 4.78 is 11.1. The van der Waals surface area contributed by atoms with Crippen molar-refractivity contribution < 1.29 is 65.7 Å². The summed E-state index contributed by atoms with van der Waals surface area (Å²) in [5, 5.41) is 15.1. The Morgan fingerprint density at radius 2 is 2.07 bits per heavy atom. The number of rotatable bonds is 12. The number of carbonyl (C=O) groups is 1. The monoisotopic (exact) mass is 436 g/mol. The number of allylic oxidation sites excluding steroid dienone is 1. The van der Waals surface area contributed by atoms with Crippen molar-refractivity contribution in [2.24, 2.45) is 10.9 Å². The molecule has 1 aromatic rings. The van der Waals surface area contributed by atoms with Crippen molar-refractivity contribution >= 4 is 23.5 Å². The summed E-state index contributed by atoms with van der Waals surface area (Å²) in [5.41, 5.74) is 1.66. The largest absolute Gasteiger partial charge is 1.00 e. The van der Waals surface area contributed by atoms with Crippen LogP contribution in [0.5, 0.6) is 5.75 Å². The van der Waals surface area contributed by atoms with E-state index in [2.05, 4.69) is 41.9 Å². The number of nitrogens with one attached hydrogen (secondary N) is 2. The van der Waals surface area contributed by atoms with Gasteiger partial charge in [0, 0.05) is 18.4 Å². The number of aliphatic imine (C=N–C) groups is 1. The van der Waals surface area contributed by atoms with Gasteiger partial charge in [0.2, 0.25) is 0 Å². The molecule has 0 aromatic heterocycles. The summed E-state index contributed by atoms with van der Waals surface area (Å²) in [5.74, 6) is 1.22. The summed E-state index contributed by atoms with van der Waals surface area (Å²) in [7, 11) is 3.30. The molecule has 0 heterocycles. The number of ketones is 1. The number of carbonyl (C=O) groups excluding carboxylic acids is 1. The Kier molecular flexibility index (Phi) is 15.7. The van der Waals surface area contributed by atoms with E-state index in [4.69, 9.17) is 9.47 Å². The van der Waals surface area contributed by atoms with E-state index in [1.54, 1.807) is 27.2 Å². The Balaban J connectivity index is 0.00000841. The van der Waals surface area contributed by atoms with Gasteiger partial charge >= 0.3 is 51.4 Å². The third kappa shape index (κ3) is 11.2. The van der Waals surface area contributed by atoms with E-state index in [0.717, 1.165) is 11.3 Å². The summed E-state index contributed by atoms with van der Waals surface area (Å²) in [6.07, 6.45) is 7.89. The van der Waals surface area contributed by atoms with Crippen LogP contribution in [0, 0.1) is 18.3 Å². The van der Waals surface area contributed by atoms with Crippen LogP contribution in [0.25, 0.3) is 5.41 Å². The summed E-state index contributed by atoms with van der Waals surface area (Å²) >= 11 is 0. The predicted molar refractivity (Wildman–Crippen MR) is 117 cm³/mol. The predicted octanol–water partition coefficient (Wildman–Crippen LogP) is 0.525. The molecule has 0 spiro atoms. The van der Waals surface area contributed by atoms with Gasteiger partial charge in [-0.05, 0) is 49.1 Å². The number of Topliss-reactive ketones (excluding diaryl/α,β-unsaturated/α-hetero) is 1. The van der Waals surface area contributed by atoms with Gasteiger partial charge in [0.15, 0.2) is 0 Å². The minimum atomic E-state index is -0.261. The second-order valence-electron chi connectivity index (χ2n) is 6.57. The molecular weight excluding hydrogens is 407 g/mol. The van der Waals surface area contributed by atoms with E-state index >= 15 is 0 Å². The van der Waals surface area contributed by atoms with Crippen LogP contribution < -0.4 is 66.8 Å². The van der Waals surface area contributed by atoms with Gasteiger partial charge in [-0.2, -0.15) is 12.3 Å². The van der Waals surface area contributed by atoms with Crippen LogP contribution in [0.2, 0.25) is 0 Å². The van der Waals surface area contributed by atoms with Crippen LogP contribution in [-0.2, 0) is 16.1 Å². The smallest absolute Gasteiger partial charge is 0.862 e. The van der Waals surface area contributed by atoms with Crippen LogP contribution >= 0.6 is 0 Å². The third-order valence-electron chi connectivity index (χ3n) is 3.59. The molecular formula is C22H29KN4O3-2. The number of benzene rings is 1. The number of ether oxygens (including phenoxy) is 2. The van der Waals surface area contributed by atoms with Crippen LogP contribution in [0.4, 0.5) is 5.69 Å². The molecule has 0 saturated carbocycles. The van der Waals surface area contributed by atoms with E-state index < -0.39 is 0 Å². The van der Waals surface area contributed by atoms with Crippen LogP contribution in [0.1, 0.15) is 32.8 Å². The van der Waals surface area contributed by atoms with Crippen LogP contribution in [0.15, 0.2) is 34.8 Å². The van der Waals surface area contributed by atoms with Gasteiger partial charge in [-0.3, -0.25) is 6.21 Å².